The summed E-state index contributed by atoms with van der Waals surface area (Å²) in [4.78, 5) is 0. The average molecular weight is 141 g/mol. The Bertz CT molecular complexity index is 134. The summed E-state index contributed by atoms with van der Waals surface area (Å²) in [7, 11) is 0. The Balaban J connectivity index is 4.09. The van der Waals surface area contributed by atoms with E-state index in [1.54, 1.807) is 5.01 Å². The fraction of sp³-hybridized carbons (Fsp3) is 0.714. The van der Waals surface area contributed by atoms with Crippen molar-refractivity contribution in [3.63, 3.8) is 0 Å². The van der Waals surface area contributed by atoms with Crippen LogP contribution < -0.4 is 0 Å². The third kappa shape index (κ3) is 3.22. The zero-order chi connectivity index (χ0) is 8.15. The van der Waals surface area contributed by atoms with E-state index in [-0.39, 0.29) is 6.04 Å². The molecule has 0 amide bonds. The fourth-order valence-corrected chi connectivity index (χ4v) is 0.558. The van der Waals surface area contributed by atoms with E-state index in [9.17, 15) is 0 Å². The van der Waals surface area contributed by atoms with Crippen molar-refractivity contribution in [3.8, 4) is 0 Å². The molecule has 10 heavy (non-hydrogen) atoms. The Morgan fingerprint density at radius 2 is 2.00 bits per heavy atom. The lowest BCUT2D eigenvalue weighted by atomic mass is 10.3. The first-order valence-electron chi connectivity index (χ1n) is 3.38. The molecule has 3 heteroatoms. The molecule has 0 saturated heterocycles. The van der Waals surface area contributed by atoms with E-state index in [1.807, 2.05) is 33.9 Å². The van der Waals surface area contributed by atoms with Gasteiger partial charge in [0.25, 0.3) is 0 Å². The minimum atomic E-state index is 0.271. The summed E-state index contributed by atoms with van der Waals surface area (Å²) in [5.74, 6) is 0. The van der Waals surface area contributed by atoms with Crippen molar-refractivity contribution in [3.05, 3.63) is 11.8 Å². The van der Waals surface area contributed by atoms with E-state index in [0.29, 0.717) is 0 Å². The second-order valence-corrected chi connectivity index (χ2v) is 2.78. The van der Waals surface area contributed by atoms with Gasteiger partial charge in [-0.1, -0.05) is 10.8 Å². The van der Waals surface area contributed by atoms with E-state index in [0.717, 1.165) is 5.57 Å². The molecule has 0 bridgehead atoms. The van der Waals surface area contributed by atoms with Crippen molar-refractivity contribution >= 4 is 0 Å². The average Bonchev–Trinajstić information content (AvgIpc) is 1.81. The van der Waals surface area contributed by atoms with Gasteiger partial charge in [0.1, 0.15) is 0 Å². The van der Waals surface area contributed by atoms with Gasteiger partial charge in [0.05, 0.1) is 0 Å². The molecule has 1 N–H and O–H groups in total. The van der Waals surface area contributed by atoms with Crippen molar-refractivity contribution in [1.82, 2.24) is 5.01 Å². The van der Waals surface area contributed by atoms with Crippen LogP contribution in [0.4, 0.5) is 0 Å². The molecule has 58 valence electrons. The molecule has 0 aliphatic heterocycles. The summed E-state index contributed by atoms with van der Waals surface area (Å²) in [5.41, 5.74) is 7.95. The molecule has 0 aliphatic carbocycles. The van der Waals surface area contributed by atoms with Gasteiger partial charge in [-0.05, 0) is 27.7 Å². The predicted octanol–water partition coefficient (Wildman–Crippen LogP) is 2.57. The largest absolute Gasteiger partial charge is 0.252 e. The van der Waals surface area contributed by atoms with E-state index in [4.69, 9.17) is 5.53 Å². The summed E-state index contributed by atoms with van der Waals surface area (Å²) >= 11 is 0. The summed E-state index contributed by atoms with van der Waals surface area (Å²) < 4.78 is 0. The Morgan fingerprint density at radius 3 is 2.10 bits per heavy atom. The predicted molar refractivity (Wildman–Crippen MR) is 41.6 cm³/mol. The minimum absolute atomic E-state index is 0.271. The lowest BCUT2D eigenvalue weighted by molar-refractivity contribution is 0.296. The van der Waals surface area contributed by atoms with Crippen molar-refractivity contribution in [2.75, 3.05) is 0 Å². The fourth-order valence-electron chi connectivity index (χ4n) is 0.558. The molecule has 0 aliphatic rings. The van der Waals surface area contributed by atoms with Crippen molar-refractivity contribution < 1.29 is 0 Å². The molecule has 0 radical (unpaired) electrons. The van der Waals surface area contributed by atoms with E-state index >= 15 is 0 Å². The number of nitrogens with one attached hydrogen (secondary N) is 1. The zero-order valence-corrected chi connectivity index (χ0v) is 7.05. The third-order valence-corrected chi connectivity index (χ3v) is 1.04. The van der Waals surface area contributed by atoms with E-state index in [1.165, 1.54) is 0 Å². The van der Waals surface area contributed by atoms with Gasteiger partial charge < -0.3 is 0 Å². The molecule has 0 spiro atoms. The van der Waals surface area contributed by atoms with Crippen LogP contribution in [0, 0.1) is 5.53 Å². The van der Waals surface area contributed by atoms with Gasteiger partial charge in [-0.2, -0.15) is 5.53 Å². The van der Waals surface area contributed by atoms with E-state index < -0.39 is 0 Å². The highest BCUT2D eigenvalue weighted by atomic mass is 15.5. The van der Waals surface area contributed by atoms with Gasteiger partial charge >= 0.3 is 0 Å². The van der Waals surface area contributed by atoms with Gasteiger partial charge in [-0.3, -0.25) is 5.01 Å². The molecular weight excluding hydrogens is 126 g/mol. The Kier molecular flexibility index (Phi) is 3.69. The number of rotatable bonds is 3. The maximum atomic E-state index is 6.79. The number of nitrogens with zero attached hydrogens (tertiary/aromatic N) is 2. The second kappa shape index (κ2) is 4.04. The van der Waals surface area contributed by atoms with Crippen LogP contribution >= 0.6 is 0 Å². The number of hydrogen-bond donors (Lipinski definition) is 1. The molecule has 0 aromatic heterocycles. The van der Waals surface area contributed by atoms with Crippen LogP contribution in [-0.4, -0.2) is 11.1 Å². The van der Waals surface area contributed by atoms with Crippen molar-refractivity contribution in [1.29, 1.82) is 5.53 Å². The highest BCUT2D eigenvalue weighted by Gasteiger charge is 2.00. The molecule has 0 saturated carbocycles. The summed E-state index contributed by atoms with van der Waals surface area (Å²) in [5, 5.41) is 4.96. The maximum absolute atomic E-state index is 6.79. The van der Waals surface area contributed by atoms with E-state index in [2.05, 4.69) is 5.22 Å². The number of allylic oxidation sites excluding steroid dienone is 1. The summed E-state index contributed by atoms with van der Waals surface area (Å²) in [6.45, 7) is 7.97. The molecule has 0 aromatic rings. The van der Waals surface area contributed by atoms with Crippen LogP contribution in [0.2, 0.25) is 0 Å². The molecule has 0 fully saturated rings. The smallest absolute Gasteiger partial charge is 0.0479 e. The van der Waals surface area contributed by atoms with Gasteiger partial charge in [0.2, 0.25) is 0 Å². The lowest BCUT2D eigenvalue weighted by Crippen LogP contribution is -2.18. The Morgan fingerprint density at radius 1 is 1.50 bits per heavy atom. The highest BCUT2D eigenvalue weighted by Crippen LogP contribution is 2.02. The topological polar surface area (TPSA) is 39.5 Å². The van der Waals surface area contributed by atoms with Crippen LogP contribution in [0.3, 0.4) is 0 Å². The van der Waals surface area contributed by atoms with Crippen molar-refractivity contribution in [2.45, 2.75) is 33.7 Å². The molecule has 0 rings (SSSR count). The normalized spacial score (nSPS) is 9.30. The maximum Gasteiger partial charge on any atom is 0.0479 e. The van der Waals surface area contributed by atoms with Crippen molar-refractivity contribution in [2.24, 2.45) is 5.22 Å². The minimum Gasteiger partial charge on any atom is -0.252 e. The van der Waals surface area contributed by atoms with Crippen LogP contribution in [0.15, 0.2) is 17.0 Å². The third-order valence-electron chi connectivity index (χ3n) is 1.04. The van der Waals surface area contributed by atoms with Crippen LogP contribution in [0.25, 0.3) is 0 Å². The first-order valence-corrected chi connectivity index (χ1v) is 3.38. The molecule has 0 heterocycles. The quantitative estimate of drug-likeness (QED) is 0.476. The molecule has 0 unspecified atom stereocenters. The summed E-state index contributed by atoms with van der Waals surface area (Å²) in [6.07, 6.45) is 1.86. The highest BCUT2D eigenvalue weighted by molar-refractivity contribution is 4.92. The van der Waals surface area contributed by atoms with Gasteiger partial charge in [-0.15, -0.1) is 0 Å². The summed E-state index contributed by atoms with van der Waals surface area (Å²) in [6, 6.07) is 0.271. The lowest BCUT2D eigenvalue weighted by Gasteiger charge is -2.16. The molecular formula is C7H15N3. The molecule has 3 nitrogen and oxygen atoms in total. The first kappa shape index (κ1) is 9.14. The van der Waals surface area contributed by atoms with Gasteiger partial charge in [0.15, 0.2) is 0 Å². The first-order chi connectivity index (χ1) is 4.57. The van der Waals surface area contributed by atoms with Gasteiger partial charge in [-0.25, -0.2) is 0 Å². The van der Waals surface area contributed by atoms with Crippen LogP contribution in [0.1, 0.15) is 27.7 Å². The molecule has 0 aromatic carbocycles. The standard InChI is InChI=1S/C7H15N3/c1-6(2)5-10(9-8)7(3)4/h5,7-8H,1-4H3. The van der Waals surface area contributed by atoms with Crippen LogP contribution in [-0.2, 0) is 0 Å². The Hall–Kier alpha value is -0.860. The zero-order valence-electron chi connectivity index (χ0n) is 7.05. The van der Waals surface area contributed by atoms with Crippen LogP contribution in [0.5, 0.6) is 0 Å². The van der Waals surface area contributed by atoms with Gasteiger partial charge in [0, 0.05) is 12.2 Å². The number of hydrogen-bond acceptors (Lipinski definition) is 2. The molecule has 0 atom stereocenters. The SMILES string of the molecule is CC(C)=CN(N=N)C(C)C. The monoisotopic (exact) mass is 141 g/mol. The Labute approximate surface area is 62.2 Å². The second-order valence-electron chi connectivity index (χ2n) is 2.78.